The van der Waals surface area contributed by atoms with Crippen molar-refractivity contribution < 1.29 is 64.7 Å². The SMILES string of the molecule is CC(=O)N[C@H]1[C@H]([C@H](O)[C@H](O)CO)OC(O)(C(=O)OC2O[C@@H](C)[C@@H](O)[C@@H](O)[C@@H]2O)C[C@@H]1O. The summed E-state index contributed by atoms with van der Waals surface area (Å²) in [6.45, 7) is 1.49. The van der Waals surface area contributed by atoms with Crippen LogP contribution in [-0.4, -0.2) is 126 Å². The van der Waals surface area contributed by atoms with Crippen LogP contribution in [0.3, 0.4) is 0 Å². The van der Waals surface area contributed by atoms with E-state index in [1.165, 1.54) is 6.92 Å². The van der Waals surface area contributed by atoms with E-state index >= 15 is 0 Å². The predicted molar refractivity (Wildman–Crippen MR) is 95.6 cm³/mol. The average Bonchev–Trinajstić information content (AvgIpc) is 2.70. The third-order valence-electron chi connectivity index (χ3n) is 5.22. The average molecular weight is 455 g/mol. The van der Waals surface area contributed by atoms with Crippen molar-refractivity contribution in [2.75, 3.05) is 6.61 Å². The molecule has 2 heterocycles. The van der Waals surface area contributed by atoms with E-state index in [1.807, 2.05) is 0 Å². The molecule has 1 amide bonds. The molecule has 0 radical (unpaired) electrons. The molecule has 180 valence electrons. The van der Waals surface area contributed by atoms with Crippen LogP contribution in [0.5, 0.6) is 0 Å². The molecule has 2 fully saturated rings. The quantitative estimate of drug-likeness (QED) is 0.170. The first-order chi connectivity index (χ1) is 14.3. The molecule has 2 saturated heterocycles. The number of rotatable bonds is 6. The number of ether oxygens (including phenoxy) is 3. The van der Waals surface area contributed by atoms with Gasteiger partial charge in [0.15, 0.2) is 0 Å². The number of hydrogen-bond acceptors (Lipinski definition) is 13. The fourth-order valence-electron chi connectivity index (χ4n) is 3.44. The maximum atomic E-state index is 12.6. The van der Waals surface area contributed by atoms with Crippen molar-refractivity contribution in [2.45, 2.75) is 87.2 Å². The van der Waals surface area contributed by atoms with E-state index in [-0.39, 0.29) is 0 Å². The van der Waals surface area contributed by atoms with Crippen molar-refractivity contribution in [3.63, 3.8) is 0 Å². The molecule has 14 nitrogen and oxygen atoms in total. The first kappa shape index (κ1) is 25.8. The second kappa shape index (κ2) is 9.99. The summed E-state index contributed by atoms with van der Waals surface area (Å²) in [7, 11) is 0. The van der Waals surface area contributed by atoms with Crippen molar-refractivity contribution in [3.8, 4) is 0 Å². The first-order valence-corrected chi connectivity index (χ1v) is 9.55. The lowest BCUT2D eigenvalue weighted by Crippen LogP contribution is -2.68. The Labute approximate surface area is 176 Å². The topological polar surface area (TPSA) is 236 Å². The Kier molecular flexibility index (Phi) is 8.32. The third kappa shape index (κ3) is 5.48. The number of amides is 1. The lowest BCUT2D eigenvalue weighted by Gasteiger charge is -2.46. The van der Waals surface area contributed by atoms with Gasteiger partial charge in [-0.2, -0.15) is 0 Å². The molecule has 0 spiro atoms. The van der Waals surface area contributed by atoms with Gasteiger partial charge in [0.25, 0.3) is 5.79 Å². The minimum Gasteiger partial charge on any atom is -0.429 e. The van der Waals surface area contributed by atoms with Gasteiger partial charge in [-0.1, -0.05) is 0 Å². The van der Waals surface area contributed by atoms with E-state index < -0.39 is 91.9 Å². The van der Waals surface area contributed by atoms with Gasteiger partial charge in [0, 0.05) is 13.3 Å². The summed E-state index contributed by atoms with van der Waals surface area (Å²) in [4.78, 5) is 24.0. The van der Waals surface area contributed by atoms with Crippen LogP contribution in [0.2, 0.25) is 0 Å². The monoisotopic (exact) mass is 455 g/mol. The standard InChI is InChI=1S/C17H29NO13/c1-5-10(23)12(25)13(26)15(29-5)30-16(27)17(28)3-7(21)9(18-6(2)20)14(31-17)11(24)8(22)4-19/h5,7-15,19,21-26,28H,3-4H2,1-2H3,(H,18,20)/t5-,7-,8+,9+,10+,11+,12+,13-,14+,15?,17?/m0/s1. The summed E-state index contributed by atoms with van der Waals surface area (Å²) in [5.74, 6) is -5.16. The highest BCUT2D eigenvalue weighted by Crippen LogP contribution is 2.32. The summed E-state index contributed by atoms with van der Waals surface area (Å²) in [5.41, 5.74) is 0. The maximum absolute atomic E-state index is 12.6. The van der Waals surface area contributed by atoms with E-state index in [9.17, 15) is 45.3 Å². The van der Waals surface area contributed by atoms with Gasteiger partial charge in [-0.05, 0) is 6.92 Å². The van der Waals surface area contributed by atoms with Gasteiger partial charge >= 0.3 is 5.97 Å². The molecule has 14 heteroatoms. The number of hydrogen-bond donors (Lipinski definition) is 9. The Morgan fingerprint density at radius 1 is 1.16 bits per heavy atom. The molecule has 0 aromatic heterocycles. The molecule has 2 rings (SSSR count). The summed E-state index contributed by atoms with van der Waals surface area (Å²) in [6.07, 6.45) is -16.0. The zero-order chi connectivity index (χ0) is 23.7. The molecule has 2 unspecified atom stereocenters. The number of esters is 1. The number of aliphatic hydroxyl groups excluding tert-OH is 7. The lowest BCUT2D eigenvalue weighted by atomic mass is 9.88. The Balaban J connectivity index is 2.22. The molecule has 0 saturated carbocycles. The van der Waals surface area contributed by atoms with Gasteiger partial charge in [-0.25, -0.2) is 4.79 Å². The minimum atomic E-state index is -2.93. The lowest BCUT2D eigenvalue weighted by molar-refractivity contribution is -0.323. The normalized spacial score (nSPS) is 43.0. The molecule has 2 aliphatic heterocycles. The number of carbonyl (C=O) groups excluding carboxylic acids is 2. The summed E-state index contributed by atoms with van der Waals surface area (Å²) in [5, 5.41) is 81.8. The highest BCUT2D eigenvalue weighted by atomic mass is 16.7. The van der Waals surface area contributed by atoms with Crippen LogP contribution in [-0.2, 0) is 23.8 Å². The first-order valence-electron chi connectivity index (χ1n) is 9.55. The molecule has 0 aromatic rings. The fourth-order valence-corrected chi connectivity index (χ4v) is 3.44. The molecule has 9 N–H and O–H groups in total. The molecule has 0 aromatic carbocycles. The molecule has 11 atom stereocenters. The molecular weight excluding hydrogens is 426 g/mol. The second-order valence-corrected chi connectivity index (χ2v) is 7.69. The van der Waals surface area contributed by atoms with Crippen molar-refractivity contribution in [1.29, 1.82) is 0 Å². The van der Waals surface area contributed by atoms with E-state index in [4.69, 9.17) is 19.3 Å². The molecular formula is C17H29NO13. The van der Waals surface area contributed by atoms with Crippen molar-refractivity contribution in [1.82, 2.24) is 5.32 Å². The van der Waals surface area contributed by atoms with Gasteiger partial charge < -0.3 is 60.4 Å². The molecule has 0 bridgehead atoms. The van der Waals surface area contributed by atoms with E-state index in [0.717, 1.165) is 6.92 Å². The number of nitrogens with one attached hydrogen (secondary N) is 1. The number of aliphatic hydroxyl groups is 8. The van der Waals surface area contributed by atoms with Crippen LogP contribution in [0.25, 0.3) is 0 Å². The Bertz CT molecular complexity index is 650. The fraction of sp³-hybridized carbons (Fsp3) is 0.882. The van der Waals surface area contributed by atoms with Gasteiger partial charge in [0.2, 0.25) is 12.2 Å². The maximum Gasteiger partial charge on any atom is 0.369 e. The summed E-state index contributed by atoms with van der Waals surface area (Å²) >= 11 is 0. The van der Waals surface area contributed by atoms with E-state index in [1.54, 1.807) is 0 Å². The van der Waals surface area contributed by atoms with Gasteiger partial charge in [0.1, 0.15) is 36.6 Å². The Hall–Kier alpha value is -1.46. The van der Waals surface area contributed by atoms with Crippen LogP contribution in [0, 0.1) is 0 Å². The third-order valence-corrected chi connectivity index (χ3v) is 5.22. The zero-order valence-electron chi connectivity index (χ0n) is 16.8. The van der Waals surface area contributed by atoms with Crippen LogP contribution < -0.4 is 5.32 Å². The van der Waals surface area contributed by atoms with Crippen LogP contribution in [0.4, 0.5) is 0 Å². The highest BCUT2D eigenvalue weighted by molar-refractivity contribution is 5.78. The van der Waals surface area contributed by atoms with Crippen LogP contribution in [0.15, 0.2) is 0 Å². The Morgan fingerprint density at radius 2 is 1.77 bits per heavy atom. The number of carbonyl (C=O) groups is 2. The predicted octanol–water partition coefficient (Wildman–Crippen LogP) is -5.59. The van der Waals surface area contributed by atoms with Crippen LogP contribution in [0.1, 0.15) is 20.3 Å². The zero-order valence-corrected chi connectivity index (χ0v) is 16.8. The largest absolute Gasteiger partial charge is 0.429 e. The minimum absolute atomic E-state index is 0.656. The van der Waals surface area contributed by atoms with Crippen molar-refractivity contribution >= 4 is 11.9 Å². The second-order valence-electron chi connectivity index (χ2n) is 7.69. The van der Waals surface area contributed by atoms with Gasteiger partial charge in [-0.3, -0.25) is 4.79 Å². The molecule has 2 aliphatic rings. The Morgan fingerprint density at radius 3 is 2.32 bits per heavy atom. The molecule has 31 heavy (non-hydrogen) atoms. The summed E-state index contributed by atoms with van der Waals surface area (Å²) < 4.78 is 15.2. The van der Waals surface area contributed by atoms with Crippen molar-refractivity contribution in [3.05, 3.63) is 0 Å². The van der Waals surface area contributed by atoms with Crippen LogP contribution >= 0.6 is 0 Å². The van der Waals surface area contributed by atoms with Gasteiger partial charge in [-0.15, -0.1) is 0 Å². The highest BCUT2D eigenvalue weighted by Gasteiger charge is 2.56. The van der Waals surface area contributed by atoms with E-state index in [2.05, 4.69) is 5.32 Å². The van der Waals surface area contributed by atoms with E-state index in [0.29, 0.717) is 0 Å². The summed E-state index contributed by atoms with van der Waals surface area (Å²) in [6, 6.07) is -1.38. The smallest absolute Gasteiger partial charge is 0.369 e. The van der Waals surface area contributed by atoms with Gasteiger partial charge in [0.05, 0.1) is 24.9 Å². The molecule has 0 aliphatic carbocycles. The van der Waals surface area contributed by atoms with Crippen molar-refractivity contribution in [2.24, 2.45) is 0 Å².